The number of anilines is 1. The molecule has 0 radical (unpaired) electrons. The van der Waals surface area contributed by atoms with Gasteiger partial charge < -0.3 is 26.5 Å². The highest BCUT2D eigenvalue weighted by molar-refractivity contribution is 6.31. The second kappa shape index (κ2) is 10.2. The maximum absolute atomic E-state index is 12.6. The lowest BCUT2D eigenvalue weighted by atomic mass is 9.68. The number of piperidine rings is 1. The van der Waals surface area contributed by atoms with Crippen LogP contribution in [0.2, 0.25) is 5.02 Å². The molecule has 2 heterocycles. The van der Waals surface area contributed by atoms with Crippen LogP contribution in [0.3, 0.4) is 0 Å². The number of aliphatic hydroxyl groups excluding tert-OH is 1. The number of rotatable bonds is 6. The Morgan fingerprint density at radius 2 is 2.15 bits per heavy atom. The van der Waals surface area contributed by atoms with Crippen LogP contribution in [-0.4, -0.2) is 40.3 Å². The van der Waals surface area contributed by atoms with Crippen LogP contribution < -0.4 is 11.1 Å². The number of nitrogens with two attached hydrogens (primary N) is 1. The van der Waals surface area contributed by atoms with E-state index < -0.39 is 11.5 Å². The molecule has 1 aromatic carbocycles. The van der Waals surface area contributed by atoms with Crippen molar-refractivity contribution in [3.05, 3.63) is 57.9 Å². The fraction of sp³-hybridized carbons (Fsp3) is 0.417. The number of nitrogens with zero attached hydrogens (tertiary/aromatic N) is 3. The first-order valence-electron chi connectivity index (χ1n) is 10.8. The summed E-state index contributed by atoms with van der Waals surface area (Å²) in [4.78, 5) is 18.4. The molecule has 0 bridgehead atoms. The molecule has 1 aliphatic rings. The number of aliphatic hydroxyl groups is 1. The van der Waals surface area contributed by atoms with Crippen molar-refractivity contribution in [2.75, 3.05) is 18.8 Å². The zero-order valence-corrected chi connectivity index (χ0v) is 19.6. The smallest absolute Gasteiger partial charge is 0.317 e. The SMILES string of the molecule is CC(C)(C1CCN(C(=O)NCc2ccc(C#N)nc2)CC1)C(O)c1cc(Cl)cc(C=N)c1N. The summed E-state index contributed by atoms with van der Waals surface area (Å²) in [6.45, 7) is 5.50. The minimum Gasteiger partial charge on any atom is -0.398 e. The minimum absolute atomic E-state index is 0.147. The largest absolute Gasteiger partial charge is 0.398 e. The maximum Gasteiger partial charge on any atom is 0.317 e. The number of halogens is 1. The van der Waals surface area contributed by atoms with Gasteiger partial charge in [-0.15, -0.1) is 0 Å². The number of carbonyl (C=O) groups excluding carboxylic acids is 1. The molecule has 1 aromatic heterocycles. The third-order valence-electron chi connectivity index (χ3n) is 6.58. The average Bonchev–Trinajstić information content (AvgIpc) is 2.83. The van der Waals surface area contributed by atoms with Gasteiger partial charge in [-0.05, 0) is 47.9 Å². The third-order valence-corrected chi connectivity index (χ3v) is 6.80. The van der Waals surface area contributed by atoms with Gasteiger partial charge >= 0.3 is 6.03 Å². The quantitative estimate of drug-likeness (QED) is 0.376. The van der Waals surface area contributed by atoms with E-state index in [2.05, 4.69) is 10.3 Å². The Hall–Kier alpha value is -3.15. The van der Waals surface area contributed by atoms with Crippen molar-refractivity contribution in [1.29, 1.82) is 10.7 Å². The number of likely N-dealkylation sites (tertiary alicyclic amines) is 1. The summed E-state index contributed by atoms with van der Waals surface area (Å²) < 4.78 is 0. The molecule has 174 valence electrons. The van der Waals surface area contributed by atoms with E-state index in [1.54, 1.807) is 35.4 Å². The molecule has 2 amide bonds. The lowest BCUT2D eigenvalue weighted by Crippen LogP contribution is -2.47. The van der Waals surface area contributed by atoms with Crippen molar-refractivity contribution in [3.8, 4) is 6.07 Å². The molecule has 1 unspecified atom stereocenters. The summed E-state index contributed by atoms with van der Waals surface area (Å²) in [7, 11) is 0. The van der Waals surface area contributed by atoms with Gasteiger partial charge in [0.25, 0.3) is 0 Å². The number of urea groups is 1. The molecule has 3 rings (SSSR count). The summed E-state index contributed by atoms with van der Waals surface area (Å²) in [6, 6.07) is 8.49. The van der Waals surface area contributed by atoms with Gasteiger partial charge in [0.15, 0.2) is 0 Å². The predicted molar refractivity (Wildman–Crippen MR) is 128 cm³/mol. The normalized spacial score (nSPS) is 15.5. The van der Waals surface area contributed by atoms with Crippen molar-refractivity contribution >= 4 is 29.5 Å². The van der Waals surface area contributed by atoms with Crippen molar-refractivity contribution in [1.82, 2.24) is 15.2 Å². The number of nitrogens with one attached hydrogen (secondary N) is 2. The van der Waals surface area contributed by atoms with Gasteiger partial charge in [-0.25, -0.2) is 9.78 Å². The van der Waals surface area contributed by atoms with Gasteiger partial charge in [0, 0.05) is 53.9 Å². The second-order valence-electron chi connectivity index (χ2n) is 8.95. The van der Waals surface area contributed by atoms with E-state index in [0.717, 1.165) is 24.6 Å². The molecule has 1 atom stereocenters. The topological polar surface area (TPSA) is 139 Å². The number of carbonyl (C=O) groups is 1. The molecule has 5 N–H and O–H groups in total. The molecule has 1 aliphatic heterocycles. The minimum atomic E-state index is -0.857. The molecule has 1 fully saturated rings. The van der Waals surface area contributed by atoms with E-state index in [9.17, 15) is 9.90 Å². The number of hydrogen-bond donors (Lipinski definition) is 4. The van der Waals surface area contributed by atoms with Gasteiger partial charge in [0.1, 0.15) is 11.8 Å². The summed E-state index contributed by atoms with van der Waals surface area (Å²) in [5.41, 5.74) is 8.23. The third kappa shape index (κ3) is 5.44. The highest BCUT2D eigenvalue weighted by atomic mass is 35.5. The zero-order valence-electron chi connectivity index (χ0n) is 18.8. The van der Waals surface area contributed by atoms with Gasteiger partial charge in [-0.2, -0.15) is 5.26 Å². The molecular formula is C24H29ClN6O2. The Balaban J connectivity index is 1.60. The Kier molecular flexibility index (Phi) is 7.57. The Bertz CT molecular complexity index is 1060. The average molecular weight is 469 g/mol. The van der Waals surface area contributed by atoms with E-state index in [1.807, 2.05) is 19.9 Å². The van der Waals surface area contributed by atoms with Crippen LogP contribution in [0.1, 0.15) is 55.2 Å². The number of benzene rings is 1. The number of aromatic nitrogens is 1. The molecule has 8 nitrogen and oxygen atoms in total. The summed E-state index contributed by atoms with van der Waals surface area (Å²) in [6.07, 6.45) is 3.35. The molecule has 0 saturated carbocycles. The molecule has 2 aromatic rings. The lowest BCUT2D eigenvalue weighted by Gasteiger charge is -2.43. The number of hydrogen-bond acceptors (Lipinski definition) is 6. The molecule has 0 aliphatic carbocycles. The first-order valence-corrected chi connectivity index (χ1v) is 11.2. The highest BCUT2D eigenvalue weighted by Crippen LogP contribution is 2.46. The standard InChI is InChI=1S/C24H29ClN6O2/c1-24(2,22(32)20-10-18(25)9-16(11-26)21(20)28)17-5-7-31(8-6-17)23(33)30-14-15-3-4-19(12-27)29-13-15/h3-4,9-11,13,17,22,26,32H,5-8,14,28H2,1-2H3,(H,30,33). The van der Waals surface area contributed by atoms with E-state index >= 15 is 0 Å². The Morgan fingerprint density at radius 3 is 2.73 bits per heavy atom. The van der Waals surface area contributed by atoms with Crippen LogP contribution in [-0.2, 0) is 6.54 Å². The Morgan fingerprint density at radius 1 is 1.45 bits per heavy atom. The number of pyridine rings is 1. The molecule has 33 heavy (non-hydrogen) atoms. The van der Waals surface area contributed by atoms with Gasteiger partial charge in [-0.1, -0.05) is 31.5 Å². The first-order chi connectivity index (χ1) is 15.7. The monoisotopic (exact) mass is 468 g/mol. The van der Waals surface area contributed by atoms with Crippen molar-refractivity contribution in [3.63, 3.8) is 0 Å². The van der Waals surface area contributed by atoms with Crippen LogP contribution in [0, 0.1) is 28.1 Å². The fourth-order valence-corrected chi connectivity index (χ4v) is 4.58. The van der Waals surface area contributed by atoms with E-state index in [0.29, 0.717) is 47.2 Å². The molecule has 0 spiro atoms. The van der Waals surface area contributed by atoms with Crippen LogP contribution in [0.4, 0.5) is 10.5 Å². The number of amides is 2. The Labute approximate surface area is 198 Å². The molecule has 1 saturated heterocycles. The first kappa shape index (κ1) is 24.5. The number of nitrogen functional groups attached to an aromatic ring is 1. The maximum atomic E-state index is 12.6. The van der Waals surface area contributed by atoms with Crippen molar-refractivity contribution in [2.45, 2.75) is 39.3 Å². The summed E-state index contributed by atoms with van der Waals surface area (Å²) >= 11 is 6.18. The predicted octanol–water partition coefficient (Wildman–Crippen LogP) is 3.87. The number of nitriles is 1. The fourth-order valence-electron chi connectivity index (χ4n) is 4.34. The van der Waals surface area contributed by atoms with Gasteiger partial charge in [0.2, 0.25) is 0 Å². The van der Waals surface area contributed by atoms with Crippen LogP contribution in [0.5, 0.6) is 0 Å². The summed E-state index contributed by atoms with van der Waals surface area (Å²) in [5, 5.41) is 30.9. The van der Waals surface area contributed by atoms with Gasteiger partial charge in [-0.3, -0.25) is 0 Å². The van der Waals surface area contributed by atoms with Crippen LogP contribution >= 0.6 is 11.6 Å². The molecular weight excluding hydrogens is 440 g/mol. The van der Waals surface area contributed by atoms with E-state index in [-0.39, 0.29) is 11.9 Å². The zero-order chi connectivity index (χ0) is 24.2. The van der Waals surface area contributed by atoms with Gasteiger partial charge in [0.05, 0.1) is 6.10 Å². The molecule has 9 heteroatoms. The van der Waals surface area contributed by atoms with Crippen LogP contribution in [0.15, 0.2) is 30.5 Å². The highest BCUT2D eigenvalue weighted by Gasteiger charge is 2.40. The summed E-state index contributed by atoms with van der Waals surface area (Å²) in [5.74, 6) is 0.168. The van der Waals surface area contributed by atoms with Crippen molar-refractivity contribution < 1.29 is 9.90 Å². The van der Waals surface area contributed by atoms with Crippen LogP contribution in [0.25, 0.3) is 0 Å². The lowest BCUT2D eigenvalue weighted by molar-refractivity contribution is -0.0146. The van der Waals surface area contributed by atoms with E-state index in [1.165, 1.54) is 0 Å². The van der Waals surface area contributed by atoms with E-state index in [4.69, 9.17) is 28.0 Å². The van der Waals surface area contributed by atoms with Crippen molar-refractivity contribution in [2.24, 2.45) is 11.3 Å². The second-order valence-corrected chi connectivity index (χ2v) is 9.39.